The van der Waals surface area contributed by atoms with Crippen molar-refractivity contribution in [3.8, 4) is 0 Å². The van der Waals surface area contributed by atoms with E-state index in [2.05, 4.69) is 5.10 Å². The summed E-state index contributed by atoms with van der Waals surface area (Å²) in [4.78, 5) is 33.2. The summed E-state index contributed by atoms with van der Waals surface area (Å²) in [6.45, 7) is -0.953. The number of rotatable bonds is 5. The lowest BCUT2D eigenvalue weighted by atomic mass is 10.4. The molecule has 0 spiro atoms. The second-order valence-electron chi connectivity index (χ2n) is 3.86. The van der Waals surface area contributed by atoms with Crippen molar-refractivity contribution in [2.75, 3.05) is 13.3 Å². The van der Waals surface area contributed by atoms with Crippen molar-refractivity contribution in [2.24, 2.45) is 5.10 Å². The molecule has 0 aromatic carbocycles. The Morgan fingerprint density at radius 2 is 2.24 bits per heavy atom. The third-order valence-corrected chi connectivity index (χ3v) is 2.52. The molecule has 0 atom stereocenters. The number of nitro groups is 1. The molecule has 2 heterocycles. The number of amides is 3. The van der Waals surface area contributed by atoms with E-state index in [1.165, 1.54) is 30.5 Å². The van der Waals surface area contributed by atoms with Gasteiger partial charge in [0, 0.05) is 6.21 Å². The predicted molar refractivity (Wildman–Crippen MR) is 68.9 cm³/mol. The molecule has 110 valence electrons. The summed E-state index contributed by atoms with van der Waals surface area (Å²) in [6, 6.07) is 1.89. The minimum atomic E-state index is -0.721. The second kappa shape index (κ2) is 5.96. The van der Waals surface area contributed by atoms with Crippen LogP contribution in [0.1, 0.15) is 5.76 Å². The zero-order valence-corrected chi connectivity index (χ0v) is 10.6. The van der Waals surface area contributed by atoms with Crippen molar-refractivity contribution < 1.29 is 24.0 Å². The lowest BCUT2D eigenvalue weighted by Crippen LogP contribution is -2.32. The first kappa shape index (κ1) is 14.4. The smallest absolute Gasteiger partial charge is 0.401 e. The van der Waals surface area contributed by atoms with Crippen molar-refractivity contribution in [1.82, 2.24) is 9.91 Å². The molecule has 1 aromatic rings. The average Bonchev–Trinajstić information content (AvgIpc) is 3.01. The molecule has 10 heteroatoms. The molecule has 0 radical (unpaired) electrons. The summed E-state index contributed by atoms with van der Waals surface area (Å²) in [5.41, 5.74) is 0. The van der Waals surface area contributed by atoms with Gasteiger partial charge in [-0.15, -0.1) is 0 Å². The maximum Gasteiger partial charge on any atom is 0.433 e. The molecule has 1 aromatic heterocycles. The number of urea groups is 1. The lowest BCUT2D eigenvalue weighted by molar-refractivity contribution is -0.402. The molecule has 0 saturated carbocycles. The summed E-state index contributed by atoms with van der Waals surface area (Å²) in [5.74, 6) is -0.690. The second-order valence-corrected chi connectivity index (χ2v) is 3.86. The summed E-state index contributed by atoms with van der Waals surface area (Å²) in [6.07, 6.45) is 4.02. The Labute approximate surface area is 117 Å². The van der Waals surface area contributed by atoms with E-state index in [1.54, 1.807) is 0 Å². The van der Waals surface area contributed by atoms with Gasteiger partial charge in [0.25, 0.3) is 5.91 Å². The molecular formula is C11H10N4O6. The van der Waals surface area contributed by atoms with E-state index in [0.717, 1.165) is 5.01 Å². The van der Waals surface area contributed by atoms with E-state index in [1.807, 2.05) is 0 Å². The zero-order chi connectivity index (χ0) is 15.4. The van der Waals surface area contributed by atoms with Gasteiger partial charge in [-0.05, 0) is 18.2 Å². The fourth-order valence-corrected chi connectivity index (χ4v) is 1.54. The molecular weight excluding hydrogens is 284 g/mol. The van der Waals surface area contributed by atoms with Crippen LogP contribution < -0.4 is 0 Å². The topological polar surface area (TPSA) is 129 Å². The predicted octanol–water partition coefficient (Wildman–Crippen LogP) is 0.401. The maximum absolute atomic E-state index is 11.5. The number of furan rings is 1. The fraction of sp³-hybridized carbons (Fsp3) is 0.182. The van der Waals surface area contributed by atoms with Gasteiger partial charge in [-0.1, -0.05) is 0 Å². The first-order valence-corrected chi connectivity index (χ1v) is 5.70. The molecule has 0 aliphatic carbocycles. The van der Waals surface area contributed by atoms with Gasteiger partial charge in [0.2, 0.25) is 0 Å². The quantitative estimate of drug-likeness (QED) is 0.362. The van der Waals surface area contributed by atoms with Crippen LogP contribution >= 0.6 is 0 Å². The number of hydrogen-bond acceptors (Lipinski definition) is 7. The number of aliphatic hydroxyl groups is 1. The standard InChI is InChI=1S/C11H10N4O6/c16-7-13-9(17)6-14(11(13)18)12-5-1-2-8-3-4-10(21-8)15(19)20/h1-5,16H,6-7H2/b2-1+,12-5+. The van der Waals surface area contributed by atoms with Gasteiger partial charge in [-0.3, -0.25) is 14.9 Å². The molecule has 21 heavy (non-hydrogen) atoms. The largest absolute Gasteiger partial charge is 0.433 e. The third kappa shape index (κ3) is 3.12. The Hall–Kier alpha value is -3.01. The van der Waals surface area contributed by atoms with Crippen molar-refractivity contribution in [3.05, 3.63) is 34.1 Å². The number of hydrogen-bond donors (Lipinski definition) is 1. The van der Waals surface area contributed by atoms with E-state index < -0.39 is 23.6 Å². The molecule has 1 aliphatic rings. The van der Waals surface area contributed by atoms with Crippen molar-refractivity contribution in [2.45, 2.75) is 0 Å². The van der Waals surface area contributed by atoms with Gasteiger partial charge in [-0.25, -0.2) is 14.7 Å². The molecule has 1 fully saturated rings. The number of carbonyl (C=O) groups excluding carboxylic acids is 2. The van der Waals surface area contributed by atoms with E-state index >= 15 is 0 Å². The van der Waals surface area contributed by atoms with Gasteiger partial charge in [-0.2, -0.15) is 5.10 Å². The lowest BCUT2D eigenvalue weighted by Gasteiger charge is -2.09. The van der Waals surface area contributed by atoms with Crippen LogP contribution in [0.3, 0.4) is 0 Å². The van der Waals surface area contributed by atoms with Gasteiger partial charge < -0.3 is 9.52 Å². The number of carbonyl (C=O) groups is 2. The first-order chi connectivity index (χ1) is 10.0. The van der Waals surface area contributed by atoms with Crippen LogP contribution in [-0.4, -0.2) is 51.4 Å². The Bertz CT molecular complexity index is 634. The molecule has 2 rings (SSSR count). The van der Waals surface area contributed by atoms with Gasteiger partial charge in [0.05, 0.1) is 6.07 Å². The molecule has 10 nitrogen and oxygen atoms in total. The number of allylic oxidation sites excluding steroid dienone is 1. The Morgan fingerprint density at radius 3 is 2.81 bits per heavy atom. The van der Waals surface area contributed by atoms with Crippen LogP contribution in [0.25, 0.3) is 6.08 Å². The zero-order valence-electron chi connectivity index (χ0n) is 10.6. The minimum Gasteiger partial charge on any atom is -0.401 e. The van der Waals surface area contributed by atoms with Gasteiger partial charge in [0.15, 0.2) is 0 Å². The fourth-order valence-electron chi connectivity index (χ4n) is 1.54. The van der Waals surface area contributed by atoms with Gasteiger partial charge in [0.1, 0.15) is 24.0 Å². The van der Waals surface area contributed by atoms with Gasteiger partial charge >= 0.3 is 11.9 Å². The Balaban J connectivity index is 1.96. The highest BCUT2D eigenvalue weighted by Gasteiger charge is 2.35. The maximum atomic E-state index is 11.5. The average molecular weight is 294 g/mol. The number of hydrazone groups is 1. The Kier molecular flexibility index (Phi) is 4.09. The monoisotopic (exact) mass is 294 g/mol. The molecule has 1 aliphatic heterocycles. The highest BCUT2D eigenvalue weighted by molar-refractivity contribution is 6.02. The summed E-state index contributed by atoms with van der Waals surface area (Å²) >= 11 is 0. The molecule has 0 unspecified atom stereocenters. The highest BCUT2D eigenvalue weighted by Crippen LogP contribution is 2.16. The Morgan fingerprint density at radius 1 is 1.48 bits per heavy atom. The van der Waals surface area contributed by atoms with Crippen molar-refractivity contribution in [1.29, 1.82) is 0 Å². The summed E-state index contributed by atoms with van der Waals surface area (Å²) in [7, 11) is 0. The van der Waals surface area contributed by atoms with Crippen LogP contribution in [0.2, 0.25) is 0 Å². The van der Waals surface area contributed by atoms with Crippen LogP contribution in [-0.2, 0) is 4.79 Å². The third-order valence-electron chi connectivity index (χ3n) is 2.52. The number of imide groups is 1. The van der Waals surface area contributed by atoms with Crippen LogP contribution in [0.15, 0.2) is 27.7 Å². The van der Waals surface area contributed by atoms with Crippen molar-refractivity contribution >= 4 is 30.1 Å². The number of aliphatic hydroxyl groups excluding tert-OH is 1. The van der Waals surface area contributed by atoms with Crippen LogP contribution in [0.5, 0.6) is 0 Å². The van der Waals surface area contributed by atoms with E-state index in [9.17, 15) is 19.7 Å². The SMILES string of the molecule is O=C1CN(/N=C/C=C/c2ccc([N+](=O)[O-])o2)C(=O)N1CO. The molecule has 1 saturated heterocycles. The summed E-state index contributed by atoms with van der Waals surface area (Å²) in [5, 5.41) is 23.8. The van der Waals surface area contributed by atoms with Crippen LogP contribution in [0.4, 0.5) is 10.7 Å². The highest BCUT2D eigenvalue weighted by atomic mass is 16.6. The van der Waals surface area contributed by atoms with E-state index in [-0.39, 0.29) is 18.2 Å². The first-order valence-electron chi connectivity index (χ1n) is 5.70. The van der Waals surface area contributed by atoms with Crippen molar-refractivity contribution in [3.63, 3.8) is 0 Å². The molecule has 3 amide bonds. The normalized spacial score (nSPS) is 15.9. The summed E-state index contributed by atoms with van der Waals surface area (Å²) < 4.78 is 4.87. The van der Waals surface area contributed by atoms with E-state index in [4.69, 9.17) is 9.52 Å². The van der Waals surface area contributed by atoms with Crippen LogP contribution in [0, 0.1) is 10.1 Å². The molecule has 1 N–H and O–H groups in total. The molecule has 0 bridgehead atoms. The minimum absolute atomic E-state index is 0.244. The number of nitrogens with zero attached hydrogens (tertiary/aromatic N) is 4. The van der Waals surface area contributed by atoms with E-state index in [0.29, 0.717) is 4.90 Å².